The van der Waals surface area contributed by atoms with Gasteiger partial charge < -0.3 is 9.47 Å². The fourth-order valence-electron chi connectivity index (χ4n) is 1.56. The number of esters is 2. The number of ether oxygens (including phenoxy) is 2. The Bertz CT molecular complexity index is 253. The zero-order chi connectivity index (χ0) is 14.0. The van der Waals surface area contributed by atoms with Crippen molar-refractivity contribution in [1.29, 1.82) is 0 Å². The van der Waals surface area contributed by atoms with E-state index in [-0.39, 0.29) is 11.9 Å². The molecule has 0 aromatic rings. The van der Waals surface area contributed by atoms with E-state index >= 15 is 0 Å². The second-order valence-electron chi connectivity index (χ2n) is 5.43. The fraction of sp³-hybridized carbons (Fsp3) is 0.857. The normalized spacial score (nSPS) is 11.1. The number of carbonyl (C=O) groups is 2. The monoisotopic (exact) mass is 258 g/mol. The Morgan fingerprint density at radius 1 is 0.833 bits per heavy atom. The molecule has 0 aliphatic rings. The lowest BCUT2D eigenvalue weighted by Crippen LogP contribution is -2.23. The molecule has 0 aliphatic heterocycles. The van der Waals surface area contributed by atoms with E-state index in [0.717, 1.165) is 32.1 Å². The molecule has 4 heteroatoms. The third-order valence-corrected chi connectivity index (χ3v) is 2.41. The summed E-state index contributed by atoms with van der Waals surface area (Å²) in [6.45, 7) is 5.62. The molecule has 0 spiro atoms. The van der Waals surface area contributed by atoms with Crippen LogP contribution in [0.5, 0.6) is 0 Å². The molecule has 0 radical (unpaired) electrons. The van der Waals surface area contributed by atoms with Crippen molar-refractivity contribution in [2.45, 2.75) is 71.3 Å². The van der Waals surface area contributed by atoms with Crippen LogP contribution in [0, 0.1) is 0 Å². The molecule has 0 rings (SSSR count). The van der Waals surface area contributed by atoms with E-state index in [9.17, 15) is 9.59 Å². The molecule has 0 aromatic heterocycles. The Hall–Kier alpha value is -1.06. The van der Waals surface area contributed by atoms with Crippen molar-refractivity contribution >= 4 is 11.9 Å². The fourth-order valence-corrected chi connectivity index (χ4v) is 1.56. The SMILES string of the molecule is COC(=O)CCCCCCCC(=O)OC(C)(C)C. The lowest BCUT2D eigenvalue weighted by Gasteiger charge is -2.19. The zero-order valence-corrected chi connectivity index (χ0v) is 12.1. The van der Waals surface area contributed by atoms with Gasteiger partial charge >= 0.3 is 11.9 Å². The third-order valence-electron chi connectivity index (χ3n) is 2.41. The summed E-state index contributed by atoms with van der Waals surface area (Å²) in [6, 6.07) is 0. The third kappa shape index (κ3) is 11.4. The van der Waals surface area contributed by atoms with E-state index in [2.05, 4.69) is 4.74 Å². The molecule has 0 N–H and O–H groups in total. The van der Waals surface area contributed by atoms with Crippen molar-refractivity contribution in [2.75, 3.05) is 7.11 Å². The Kier molecular flexibility index (Phi) is 8.42. The van der Waals surface area contributed by atoms with Crippen LogP contribution in [0.15, 0.2) is 0 Å². The first-order valence-corrected chi connectivity index (χ1v) is 6.64. The minimum atomic E-state index is -0.391. The predicted octanol–water partition coefficient (Wildman–Crippen LogP) is 3.23. The highest BCUT2D eigenvalue weighted by atomic mass is 16.6. The average Bonchev–Trinajstić information content (AvgIpc) is 2.25. The molecule has 18 heavy (non-hydrogen) atoms. The Balaban J connectivity index is 3.35. The molecular weight excluding hydrogens is 232 g/mol. The molecule has 0 atom stereocenters. The van der Waals surface area contributed by atoms with Gasteiger partial charge in [-0.2, -0.15) is 0 Å². The number of methoxy groups -OCH3 is 1. The Labute approximate surface area is 110 Å². The van der Waals surface area contributed by atoms with Crippen LogP contribution in [0.3, 0.4) is 0 Å². The average molecular weight is 258 g/mol. The van der Waals surface area contributed by atoms with Crippen molar-refractivity contribution in [1.82, 2.24) is 0 Å². The van der Waals surface area contributed by atoms with Gasteiger partial charge in [0.1, 0.15) is 5.60 Å². The van der Waals surface area contributed by atoms with E-state index in [4.69, 9.17) is 4.74 Å². The molecule has 0 unspecified atom stereocenters. The summed E-state index contributed by atoms with van der Waals surface area (Å²) in [6.07, 6.45) is 5.73. The topological polar surface area (TPSA) is 52.6 Å². The van der Waals surface area contributed by atoms with Crippen LogP contribution >= 0.6 is 0 Å². The van der Waals surface area contributed by atoms with Crippen LogP contribution in [-0.4, -0.2) is 24.6 Å². The molecule has 0 aliphatic carbocycles. The number of hydrogen-bond donors (Lipinski definition) is 0. The van der Waals surface area contributed by atoms with Gasteiger partial charge in [0.05, 0.1) is 7.11 Å². The molecule has 106 valence electrons. The van der Waals surface area contributed by atoms with Crippen LogP contribution in [0.2, 0.25) is 0 Å². The molecule has 0 heterocycles. The highest BCUT2D eigenvalue weighted by Crippen LogP contribution is 2.12. The van der Waals surface area contributed by atoms with Crippen molar-refractivity contribution in [2.24, 2.45) is 0 Å². The minimum absolute atomic E-state index is 0.128. The van der Waals surface area contributed by atoms with E-state index in [1.807, 2.05) is 20.8 Å². The standard InChI is InChI=1S/C14H26O4/c1-14(2,3)18-13(16)11-9-7-5-6-8-10-12(15)17-4/h5-11H2,1-4H3. The lowest BCUT2D eigenvalue weighted by atomic mass is 10.1. The minimum Gasteiger partial charge on any atom is -0.469 e. The van der Waals surface area contributed by atoms with Gasteiger partial charge in [0.25, 0.3) is 0 Å². The zero-order valence-electron chi connectivity index (χ0n) is 12.1. The largest absolute Gasteiger partial charge is 0.469 e. The molecule has 4 nitrogen and oxygen atoms in total. The predicted molar refractivity (Wildman–Crippen MR) is 70.2 cm³/mol. The summed E-state index contributed by atoms with van der Waals surface area (Å²) in [5.41, 5.74) is -0.391. The Morgan fingerprint density at radius 2 is 1.28 bits per heavy atom. The highest BCUT2D eigenvalue weighted by molar-refractivity contribution is 5.69. The molecule has 0 amide bonds. The molecule has 0 aromatic carbocycles. The maximum absolute atomic E-state index is 11.4. The van der Waals surface area contributed by atoms with Gasteiger partial charge in [-0.15, -0.1) is 0 Å². The van der Waals surface area contributed by atoms with Gasteiger partial charge in [0, 0.05) is 12.8 Å². The lowest BCUT2D eigenvalue weighted by molar-refractivity contribution is -0.155. The van der Waals surface area contributed by atoms with Crippen LogP contribution in [-0.2, 0) is 19.1 Å². The summed E-state index contributed by atoms with van der Waals surface area (Å²) in [4.78, 5) is 22.2. The maximum Gasteiger partial charge on any atom is 0.306 e. The first kappa shape index (κ1) is 16.9. The highest BCUT2D eigenvalue weighted by Gasteiger charge is 2.15. The van der Waals surface area contributed by atoms with Gasteiger partial charge in [-0.3, -0.25) is 9.59 Å². The summed E-state index contributed by atoms with van der Waals surface area (Å²) < 4.78 is 9.77. The number of rotatable bonds is 8. The maximum atomic E-state index is 11.4. The molecule has 0 fully saturated rings. The van der Waals surface area contributed by atoms with Gasteiger partial charge in [-0.1, -0.05) is 19.3 Å². The molecule has 0 bridgehead atoms. The van der Waals surface area contributed by atoms with Crippen LogP contribution in [0.1, 0.15) is 65.7 Å². The molecule has 0 saturated carbocycles. The molecular formula is C14H26O4. The molecule has 0 saturated heterocycles. The van der Waals surface area contributed by atoms with Crippen LogP contribution in [0.25, 0.3) is 0 Å². The van der Waals surface area contributed by atoms with E-state index in [1.165, 1.54) is 7.11 Å². The van der Waals surface area contributed by atoms with Crippen LogP contribution in [0.4, 0.5) is 0 Å². The first-order valence-electron chi connectivity index (χ1n) is 6.64. The van der Waals surface area contributed by atoms with E-state index in [0.29, 0.717) is 12.8 Å². The van der Waals surface area contributed by atoms with Crippen molar-refractivity contribution in [3.05, 3.63) is 0 Å². The van der Waals surface area contributed by atoms with Gasteiger partial charge in [0.2, 0.25) is 0 Å². The van der Waals surface area contributed by atoms with Gasteiger partial charge in [-0.05, 0) is 33.6 Å². The summed E-state index contributed by atoms with van der Waals surface area (Å²) in [5.74, 6) is -0.277. The number of carbonyl (C=O) groups excluding carboxylic acids is 2. The van der Waals surface area contributed by atoms with E-state index < -0.39 is 5.60 Å². The number of hydrogen-bond acceptors (Lipinski definition) is 4. The van der Waals surface area contributed by atoms with Crippen LogP contribution < -0.4 is 0 Å². The smallest absolute Gasteiger partial charge is 0.306 e. The van der Waals surface area contributed by atoms with Crippen molar-refractivity contribution in [3.8, 4) is 0 Å². The number of unbranched alkanes of at least 4 members (excludes halogenated alkanes) is 4. The first-order chi connectivity index (χ1) is 8.35. The van der Waals surface area contributed by atoms with Gasteiger partial charge in [-0.25, -0.2) is 0 Å². The second kappa shape index (κ2) is 8.95. The van der Waals surface area contributed by atoms with Gasteiger partial charge in [0.15, 0.2) is 0 Å². The second-order valence-corrected chi connectivity index (χ2v) is 5.43. The Morgan fingerprint density at radius 3 is 1.72 bits per heavy atom. The van der Waals surface area contributed by atoms with E-state index in [1.54, 1.807) is 0 Å². The van der Waals surface area contributed by atoms with Crippen molar-refractivity contribution < 1.29 is 19.1 Å². The summed E-state index contributed by atoms with van der Waals surface area (Å²) in [7, 11) is 1.41. The quantitative estimate of drug-likeness (QED) is 0.495. The summed E-state index contributed by atoms with van der Waals surface area (Å²) in [5, 5.41) is 0. The summed E-state index contributed by atoms with van der Waals surface area (Å²) >= 11 is 0. The van der Waals surface area contributed by atoms with Crippen molar-refractivity contribution in [3.63, 3.8) is 0 Å².